The molecule has 0 radical (unpaired) electrons. The minimum absolute atomic E-state index is 0.202. The zero-order chi connectivity index (χ0) is 19.8. The number of halogens is 4. The van der Waals surface area contributed by atoms with E-state index in [0.717, 1.165) is 5.56 Å². The largest absolute Gasteiger partial charge is 0.454 e. The van der Waals surface area contributed by atoms with Gasteiger partial charge in [0, 0.05) is 5.56 Å². The van der Waals surface area contributed by atoms with Gasteiger partial charge in [-0.25, -0.2) is 17.6 Å². The number of amides is 1. The third kappa shape index (κ3) is 3.37. The molecule has 5 nitrogen and oxygen atoms in total. The molecule has 2 aromatic carbocycles. The van der Waals surface area contributed by atoms with Gasteiger partial charge in [0.2, 0.25) is 6.79 Å². The number of carbonyl (C=O) groups excluding carboxylic acids is 1. The number of fused-ring (bicyclic) bond motifs is 1. The zero-order valence-electron chi connectivity index (χ0n) is 14.7. The lowest BCUT2D eigenvalue weighted by Gasteiger charge is -2.32. The second-order valence-electron chi connectivity index (χ2n) is 6.75. The van der Waals surface area contributed by atoms with Crippen LogP contribution in [0, 0.1) is 23.3 Å². The summed E-state index contributed by atoms with van der Waals surface area (Å²) in [6.07, 6.45) is 0. The fourth-order valence-corrected chi connectivity index (χ4v) is 3.44. The van der Waals surface area contributed by atoms with E-state index in [9.17, 15) is 22.4 Å². The van der Waals surface area contributed by atoms with Gasteiger partial charge in [-0.1, -0.05) is 0 Å². The van der Waals surface area contributed by atoms with Crippen molar-refractivity contribution in [2.24, 2.45) is 0 Å². The third-order valence-corrected chi connectivity index (χ3v) is 4.98. The van der Waals surface area contributed by atoms with Gasteiger partial charge in [-0.2, -0.15) is 0 Å². The molecule has 0 aromatic heterocycles. The molecule has 0 saturated carbocycles. The lowest BCUT2D eigenvalue weighted by atomic mass is 10.1. The Morgan fingerprint density at radius 2 is 1.68 bits per heavy atom. The van der Waals surface area contributed by atoms with Gasteiger partial charge in [-0.15, -0.1) is 0 Å². The third-order valence-electron chi connectivity index (χ3n) is 4.98. The number of quaternary nitrogens is 1. The van der Waals surface area contributed by atoms with Crippen molar-refractivity contribution in [1.29, 1.82) is 0 Å². The lowest BCUT2D eigenvalue weighted by Crippen LogP contribution is -3.13. The number of ether oxygens (including phenoxy) is 2. The molecule has 0 unspecified atom stereocenters. The van der Waals surface area contributed by atoms with Crippen molar-refractivity contribution >= 4 is 5.91 Å². The van der Waals surface area contributed by atoms with E-state index in [-0.39, 0.29) is 6.79 Å². The maximum Gasteiger partial charge on any atom is 0.257 e. The van der Waals surface area contributed by atoms with E-state index in [0.29, 0.717) is 50.3 Å². The van der Waals surface area contributed by atoms with E-state index in [2.05, 4.69) is 0 Å². The van der Waals surface area contributed by atoms with Crippen LogP contribution in [0.25, 0.3) is 0 Å². The van der Waals surface area contributed by atoms with Gasteiger partial charge in [0.15, 0.2) is 34.8 Å². The zero-order valence-corrected chi connectivity index (χ0v) is 14.7. The van der Waals surface area contributed by atoms with Crippen LogP contribution >= 0.6 is 0 Å². The van der Waals surface area contributed by atoms with Crippen LogP contribution in [0.3, 0.4) is 0 Å². The highest BCUT2D eigenvalue weighted by atomic mass is 19.2. The molecule has 1 saturated heterocycles. The molecule has 1 amide bonds. The number of hydrogen-bond donors (Lipinski definition) is 1. The topological polar surface area (TPSA) is 43.2 Å². The molecule has 2 heterocycles. The molecule has 1 N–H and O–H groups in total. The Labute approximate surface area is 158 Å². The molecule has 0 aliphatic carbocycles. The number of rotatable bonds is 3. The summed E-state index contributed by atoms with van der Waals surface area (Å²) in [5.41, 5.74) is 0.253. The van der Waals surface area contributed by atoms with Crippen LogP contribution in [0.1, 0.15) is 15.9 Å². The highest BCUT2D eigenvalue weighted by Gasteiger charge is 2.30. The smallest absolute Gasteiger partial charge is 0.257 e. The maximum absolute atomic E-state index is 13.9. The maximum atomic E-state index is 13.9. The first-order chi connectivity index (χ1) is 13.4. The van der Waals surface area contributed by atoms with Crippen LogP contribution in [0.4, 0.5) is 17.6 Å². The van der Waals surface area contributed by atoms with E-state index in [1.807, 2.05) is 18.2 Å². The molecule has 2 aliphatic heterocycles. The summed E-state index contributed by atoms with van der Waals surface area (Å²) in [5.74, 6) is -6.61. The summed E-state index contributed by atoms with van der Waals surface area (Å²) >= 11 is 0. The molecular formula is C19H17F4N2O3+. The van der Waals surface area contributed by atoms with Crippen molar-refractivity contribution in [3.05, 3.63) is 58.7 Å². The minimum Gasteiger partial charge on any atom is -0.454 e. The number of nitrogens with one attached hydrogen (secondary N) is 1. The molecule has 2 aromatic rings. The second-order valence-corrected chi connectivity index (χ2v) is 6.75. The van der Waals surface area contributed by atoms with Gasteiger partial charge in [0.25, 0.3) is 5.91 Å². The number of carbonyl (C=O) groups is 1. The number of benzene rings is 2. The Bertz CT molecular complexity index is 930. The summed E-state index contributed by atoms with van der Waals surface area (Å²) in [7, 11) is 0. The van der Waals surface area contributed by atoms with Crippen LogP contribution in [0.2, 0.25) is 0 Å². The number of piperazine rings is 1. The average Bonchev–Trinajstić information content (AvgIpc) is 3.17. The van der Waals surface area contributed by atoms with Crippen LogP contribution < -0.4 is 14.4 Å². The van der Waals surface area contributed by atoms with Gasteiger partial charge in [-0.3, -0.25) is 4.79 Å². The normalized spacial score (nSPS) is 16.5. The van der Waals surface area contributed by atoms with Crippen molar-refractivity contribution in [1.82, 2.24) is 4.90 Å². The summed E-state index contributed by atoms with van der Waals surface area (Å²) < 4.78 is 64.3. The lowest BCUT2D eigenvalue weighted by molar-refractivity contribution is -0.917. The highest BCUT2D eigenvalue weighted by molar-refractivity contribution is 5.94. The molecule has 0 atom stereocenters. The first kappa shape index (κ1) is 18.5. The van der Waals surface area contributed by atoms with E-state index in [4.69, 9.17) is 9.47 Å². The van der Waals surface area contributed by atoms with E-state index in [1.54, 1.807) is 0 Å². The van der Waals surface area contributed by atoms with Gasteiger partial charge in [-0.05, 0) is 24.3 Å². The Kier molecular flexibility index (Phi) is 4.84. The van der Waals surface area contributed by atoms with Crippen molar-refractivity contribution < 1.29 is 36.7 Å². The van der Waals surface area contributed by atoms with E-state index < -0.39 is 34.7 Å². The Hall–Kier alpha value is -2.81. The van der Waals surface area contributed by atoms with Crippen LogP contribution in [-0.2, 0) is 6.54 Å². The van der Waals surface area contributed by atoms with Gasteiger partial charge in [0.1, 0.15) is 6.54 Å². The average molecular weight is 397 g/mol. The summed E-state index contributed by atoms with van der Waals surface area (Å²) in [6.45, 7) is 2.64. The Morgan fingerprint density at radius 3 is 2.43 bits per heavy atom. The molecule has 28 heavy (non-hydrogen) atoms. The standard InChI is InChI=1S/C19H16F4N2O3/c20-13-8-12(16(21)18(23)17(13)22)19(26)25-5-3-24(4-6-25)9-11-1-2-14-15(7-11)28-10-27-14/h1-2,7-8H,3-6,9-10H2/p+1. The molecule has 148 valence electrons. The van der Waals surface area contributed by atoms with Crippen molar-refractivity contribution in [3.8, 4) is 11.5 Å². The summed E-state index contributed by atoms with van der Waals surface area (Å²) in [5, 5.41) is 0. The molecule has 0 spiro atoms. The Morgan fingerprint density at radius 1 is 0.964 bits per heavy atom. The molecule has 4 rings (SSSR count). The fraction of sp³-hybridized carbons (Fsp3) is 0.316. The number of nitrogens with zero attached hydrogens (tertiary/aromatic N) is 1. The van der Waals surface area contributed by atoms with Crippen molar-refractivity contribution in [2.75, 3.05) is 33.0 Å². The number of hydrogen-bond acceptors (Lipinski definition) is 3. The predicted molar refractivity (Wildman–Crippen MR) is 89.1 cm³/mol. The van der Waals surface area contributed by atoms with Crippen LogP contribution in [-0.4, -0.2) is 43.8 Å². The Balaban J connectivity index is 1.40. The van der Waals surface area contributed by atoms with E-state index in [1.165, 1.54) is 9.80 Å². The molecule has 9 heteroatoms. The highest BCUT2D eigenvalue weighted by Crippen LogP contribution is 2.32. The molecular weight excluding hydrogens is 380 g/mol. The first-order valence-corrected chi connectivity index (χ1v) is 8.78. The van der Waals surface area contributed by atoms with E-state index >= 15 is 0 Å². The molecule has 1 fully saturated rings. The van der Waals surface area contributed by atoms with Gasteiger partial charge >= 0.3 is 0 Å². The van der Waals surface area contributed by atoms with Crippen molar-refractivity contribution in [2.45, 2.75) is 6.54 Å². The first-order valence-electron chi connectivity index (χ1n) is 8.78. The monoisotopic (exact) mass is 397 g/mol. The second kappa shape index (κ2) is 7.31. The molecule has 2 aliphatic rings. The SMILES string of the molecule is O=C(c1cc(F)c(F)c(F)c1F)N1CC[NH+](Cc2ccc3c(c2)OCO3)CC1. The predicted octanol–water partition coefficient (Wildman–Crippen LogP) is 1.51. The van der Waals surface area contributed by atoms with Crippen LogP contribution in [0.15, 0.2) is 24.3 Å². The quantitative estimate of drug-likeness (QED) is 0.485. The molecule has 0 bridgehead atoms. The summed E-state index contributed by atoms with van der Waals surface area (Å²) in [6, 6.07) is 6.10. The van der Waals surface area contributed by atoms with Gasteiger partial charge in [0.05, 0.1) is 31.7 Å². The summed E-state index contributed by atoms with van der Waals surface area (Å²) in [4.78, 5) is 14.9. The van der Waals surface area contributed by atoms with Gasteiger partial charge < -0.3 is 19.3 Å². The minimum atomic E-state index is -1.98. The fourth-order valence-electron chi connectivity index (χ4n) is 3.44. The van der Waals surface area contributed by atoms with Crippen molar-refractivity contribution in [3.63, 3.8) is 0 Å². The van der Waals surface area contributed by atoms with Crippen LogP contribution in [0.5, 0.6) is 11.5 Å².